The highest BCUT2D eigenvalue weighted by atomic mass is 19.4. The van der Waals surface area contributed by atoms with Gasteiger partial charge in [0, 0.05) is 11.9 Å². The summed E-state index contributed by atoms with van der Waals surface area (Å²) in [6.07, 6.45) is -3.68. The van der Waals surface area contributed by atoms with E-state index in [1.165, 1.54) is 12.1 Å². The summed E-state index contributed by atoms with van der Waals surface area (Å²) in [5.74, 6) is 0. The molecule has 3 aromatic rings. The summed E-state index contributed by atoms with van der Waals surface area (Å²) in [4.78, 5) is 16.5. The number of hydrogen-bond donors (Lipinski definition) is 1. The van der Waals surface area contributed by atoms with Crippen molar-refractivity contribution < 1.29 is 32.2 Å². The summed E-state index contributed by atoms with van der Waals surface area (Å²) in [6.45, 7) is 0.360. The number of halogens is 3. The largest absolute Gasteiger partial charge is 0.441 e. The topological polar surface area (TPSA) is 100 Å². The Morgan fingerprint density at radius 3 is 2.73 bits per heavy atom. The molecule has 2 aliphatic rings. The van der Waals surface area contributed by atoms with E-state index < -0.39 is 36.1 Å². The van der Waals surface area contributed by atoms with Crippen molar-refractivity contribution in [3.8, 4) is 11.4 Å². The summed E-state index contributed by atoms with van der Waals surface area (Å²) in [7, 11) is 0. The quantitative estimate of drug-likeness (QED) is 0.636. The summed E-state index contributed by atoms with van der Waals surface area (Å²) in [5.41, 5.74) is 0.383. The van der Waals surface area contributed by atoms with Gasteiger partial charge < -0.3 is 14.2 Å². The Labute approximate surface area is 185 Å². The number of carbonyl (C=O) groups excluding carboxylic acids is 1. The molecule has 12 heteroatoms. The van der Waals surface area contributed by atoms with Crippen LogP contribution in [-0.2, 0) is 20.4 Å². The minimum Gasteiger partial charge on any atom is -0.441 e. The minimum atomic E-state index is -4.52. The molecule has 1 aromatic carbocycles. The van der Waals surface area contributed by atoms with Crippen LogP contribution in [0.25, 0.3) is 11.4 Å². The molecular weight excluding hydrogens is 443 g/mol. The van der Waals surface area contributed by atoms with Crippen molar-refractivity contribution in [3.05, 3.63) is 60.4 Å². The molecule has 4 atom stereocenters. The predicted octanol–water partition coefficient (Wildman–Crippen LogP) is 3.31. The molecule has 9 nitrogen and oxygen atoms in total. The molecule has 1 amide bonds. The first-order chi connectivity index (χ1) is 15.9. The monoisotopic (exact) mass is 461 g/mol. The van der Waals surface area contributed by atoms with Crippen molar-refractivity contribution in [2.24, 2.45) is 0 Å². The molecule has 2 saturated heterocycles. The third-order valence-corrected chi connectivity index (χ3v) is 5.45. The summed E-state index contributed by atoms with van der Waals surface area (Å²) < 4.78 is 57.2. The number of pyridine rings is 1. The third-order valence-electron chi connectivity index (χ3n) is 5.45. The molecule has 4 unspecified atom stereocenters. The molecule has 4 heterocycles. The highest BCUT2D eigenvalue weighted by Gasteiger charge is 2.50. The van der Waals surface area contributed by atoms with Gasteiger partial charge in [-0.2, -0.15) is 13.2 Å². The SMILES string of the molecule is O=C(Nc1cccc(C(F)(F)F)c1)OC1COC2C1OCC2n1cc(-c2ccccn2)nn1. The summed E-state index contributed by atoms with van der Waals surface area (Å²) in [6, 6.07) is 9.50. The van der Waals surface area contributed by atoms with Crippen LogP contribution >= 0.6 is 0 Å². The lowest BCUT2D eigenvalue weighted by Gasteiger charge is -2.17. The van der Waals surface area contributed by atoms with E-state index in [0.29, 0.717) is 11.4 Å². The molecule has 172 valence electrons. The number of alkyl halides is 3. The van der Waals surface area contributed by atoms with Crippen LogP contribution in [0.4, 0.5) is 23.7 Å². The number of rotatable bonds is 4. The van der Waals surface area contributed by atoms with Gasteiger partial charge in [-0.1, -0.05) is 17.3 Å². The molecular formula is C21H18F3N5O4. The second-order valence-electron chi connectivity index (χ2n) is 7.61. The van der Waals surface area contributed by atoms with Gasteiger partial charge in [0.2, 0.25) is 0 Å². The number of hydrogen-bond acceptors (Lipinski definition) is 7. The maximum atomic E-state index is 12.9. The minimum absolute atomic E-state index is 0.0276. The number of nitrogens with zero attached hydrogens (tertiary/aromatic N) is 4. The number of fused-ring (bicyclic) bond motifs is 1. The van der Waals surface area contributed by atoms with Gasteiger partial charge in [-0.25, -0.2) is 9.48 Å². The average Bonchev–Trinajstić information content (AvgIpc) is 3.52. The van der Waals surface area contributed by atoms with E-state index >= 15 is 0 Å². The summed E-state index contributed by atoms with van der Waals surface area (Å²) in [5, 5.41) is 10.6. The van der Waals surface area contributed by atoms with Crippen LogP contribution in [0.2, 0.25) is 0 Å². The van der Waals surface area contributed by atoms with Crippen molar-refractivity contribution in [2.45, 2.75) is 30.5 Å². The van der Waals surface area contributed by atoms with Gasteiger partial charge in [0.1, 0.15) is 23.9 Å². The normalized spacial score (nSPS) is 24.5. The second-order valence-corrected chi connectivity index (χ2v) is 7.61. The van der Waals surface area contributed by atoms with Crippen LogP contribution in [0.3, 0.4) is 0 Å². The standard InChI is InChI=1S/C21H18F3N5O4/c22-21(23,24)12-4-3-5-13(8-12)26-20(30)33-17-11-32-18-16(10-31-19(17)18)29-9-15(27-28-29)14-6-1-2-7-25-14/h1-9,16-19H,10-11H2,(H,26,30). The van der Waals surface area contributed by atoms with E-state index in [1.54, 1.807) is 23.1 Å². The van der Waals surface area contributed by atoms with Crippen LogP contribution in [0.1, 0.15) is 11.6 Å². The van der Waals surface area contributed by atoms with Crippen molar-refractivity contribution in [2.75, 3.05) is 18.5 Å². The average molecular weight is 461 g/mol. The van der Waals surface area contributed by atoms with Gasteiger partial charge in [0.25, 0.3) is 0 Å². The Hall–Kier alpha value is -3.51. The highest BCUT2D eigenvalue weighted by Crippen LogP contribution is 2.36. The van der Waals surface area contributed by atoms with Crippen LogP contribution in [0.15, 0.2) is 54.9 Å². The van der Waals surface area contributed by atoms with Crippen LogP contribution in [0, 0.1) is 0 Å². The van der Waals surface area contributed by atoms with Gasteiger partial charge in [-0.15, -0.1) is 5.10 Å². The number of amides is 1. The molecule has 2 fully saturated rings. The summed E-state index contributed by atoms with van der Waals surface area (Å²) >= 11 is 0. The lowest BCUT2D eigenvalue weighted by Crippen LogP contribution is -2.34. The lowest BCUT2D eigenvalue weighted by atomic mass is 10.1. The Bertz CT molecular complexity index is 1140. The molecule has 0 aliphatic carbocycles. The zero-order valence-electron chi connectivity index (χ0n) is 17.0. The Morgan fingerprint density at radius 2 is 1.94 bits per heavy atom. The third kappa shape index (κ3) is 4.39. The molecule has 0 radical (unpaired) electrons. The molecule has 33 heavy (non-hydrogen) atoms. The fourth-order valence-corrected chi connectivity index (χ4v) is 3.90. The van der Waals surface area contributed by atoms with Gasteiger partial charge in [-0.3, -0.25) is 10.3 Å². The number of nitrogens with one attached hydrogen (secondary N) is 1. The number of aromatic nitrogens is 4. The van der Waals surface area contributed by atoms with E-state index in [2.05, 4.69) is 20.6 Å². The smallest absolute Gasteiger partial charge is 0.416 e. The molecule has 0 saturated carbocycles. The Balaban J connectivity index is 1.21. The van der Waals surface area contributed by atoms with Crippen molar-refractivity contribution in [1.82, 2.24) is 20.0 Å². The van der Waals surface area contributed by atoms with E-state index in [4.69, 9.17) is 14.2 Å². The first kappa shape index (κ1) is 21.3. The number of carbonyl (C=O) groups is 1. The van der Waals surface area contributed by atoms with Crippen LogP contribution in [-0.4, -0.2) is 57.6 Å². The van der Waals surface area contributed by atoms with Gasteiger partial charge in [0.05, 0.1) is 30.7 Å². The second kappa shape index (κ2) is 8.45. The molecule has 1 N–H and O–H groups in total. The van der Waals surface area contributed by atoms with Gasteiger partial charge in [-0.05, 0) is 30.3 Å². The maximum absolute atomic E-state index is 12.9. The lowest BCUT2D eigenvalue weighted by molar-refractivity contribution is -0.137. The van der Waals surface area contributed by atoms with Crippen LogP contribution < -0.4 is 5.32 Å². The molecule has 5 rings (SSSR count). The molecule has 2 aromatic heterocycles. The number of benzene rings is 1. The Kier molecular flexibility index (Phi) is 5.46. The Morgan fingerprint density at radius 1 is 1.09 bits per heavy atom. The van der Waals surface area contributed by atoms with E-state index in [1.807, 2.05) is 12.1 Å². The number of anilines is 1. The van der Waals surface area contributed by atoms with E-state index in [-0.39, 0.29) is 24.9 Å². The van der Waals surface area contributed by atoms with Crippen molar-refractivity contribution in [1.29, 1.82) is 0 Å². The fourth-order valence-electron chi connectivity index (χ4n) is 3.90. The number of ether oxygens (including phenoxy) is 3. The van der Waals surface area contributed by atoms with Crippen LogP contribution in [0.5, 0.6) is 0 Å². The zero-order chi connectivity index (χ0) is 23.0. The highest BCUT2D eigenvalue weighted by molar-refractivity contribution is 5.84. The first-order valence-corrected chi connectivity index (χ1v) is 10.1. The molecule has 2 aliphatic heterocycles. The van der Waals surface area contributed by atoms with Crippen molar-refractivity contribution in [3.63, 3.8) is 0 Å². The molecule has 0 bridgehead atoms. The molecule has 0 spiro atoms. The van der Waals surface area contributed by atoms with Crippen molar-refractivity contribution >= 4 is 11.8 Å². The van der Waals surface area contributed by atoms with E-state index in [0.717, 1.165) is 12.1 Å². The maximum Gasteiger partial charge on any atom is 0.416 e. The zero-order valence-corrected chi connectivity index (χ0v) is 17.0. The fraction of sp³-hybridized carbons (Fsp3) is 0.333. The first-order valence-electron chi connectivity index (χ1n) is 10.1. The van der Waals surface area contributed by atoms with Gasteiger partial charge >= 0.3 is 12.3 Å². The van der Waals surface area contributed by atoms with E-state index in [9.17, 15) is 18.0 Å². The van der Waals surface area contributed by atoms with Gasteiger partial charge in [0.15, 0.2) is 6.10 Å². The predicted molar refractivity (Wildman–Crippen MR) is 107 cm³/mol.